The number of carboxylic acid groups (broad SMARTS) is 2. The van der Waals surface area contributed by atoms with E-state index in [1.807, 2.05) is 5.48 Å². The second-order valence-corrected chi connectivity index (χ2v) is 2.41. The van der Waals surface area contributed by atoms with E-state index in [1.165, 1.54) is 4.90 Å². The van der Waals surface area contributed by atoms with E-state index in [0.717, 1.165) is 0 Å². The van der Waals surface area contributed by atoms with Crippen LogP contribution in [0.25, 0.3) is 0 Å². The van der Waals surface area contributed by atoms with E-state index in [4.69, 9.17) is 15.4 Å². The number of hydroxylamine groups is 1. The molecule has 0 heterocycles. The summed E-state index contributed by atoms with van der Waals surface area (Å²) < 4.78 is 0. The summed E-state index contributed by atoms with van der Waals surface area (Å²) in [5.41, 5.74) is 1.82. The third-order valence-electron chi connectivity index (χ3n) is 1.26. The average molecular weight is 192 g/mol. The lowest BCUT2D eigenvalue weighted by molar-refractivity contribution is -0.141. The quantitative estimate of drug-likeness (QED) is 0.361. The van der Waals surface area contributed by atoms with Crippen LogP contribution in [0.5, 0.6) is 0 Å². The van der Waals surface area contributed by atoms with Gasteiger partial charge in [-0.3, -0.25) is 14.5 Å². The van der Waals surface area contributed by atoms with Crippen LogP contribution < -0.4 is 5.48 Å². The molecular formula is C6H12N2O5. The molecule has 0 saturated carbocycles. The van der Waals surface area contributed by atoms with E-state index in [1.54, 1.807) is 0 Å². The molecule has 0 unspecified atom stereocenters. The van der Waals surface area contributed by atoms with Gasteiger partial charge in [0.15, 0.2) is 0 Å². The van der Waals surface area contributed by atoms with Gasteiger partial charge in [0.2, 0.25) is 0 Å². The molecule has 0 aliphatic rings. The van der Waals surface area contributed by atoms with Crippen molar-refractivity contribution in [2.24, 2.45) is 0 Å². The Bertz CT molecular complexity index is 168. The highest BCUT2D eigenvalue weighted by molar-refractivity contribution is 5.72. The minimum absolute atomic E-state index is 0.126. The molecule has 0 aliphatic carbocycles. The molecule has 7 nitrogen and oxygen atoms in total. The first-order chi connectivity index (χ1) is 6.06. The van der Waals surface area contributed by atoms with Crippen molar-refractivity contribution in [1.82, 2.24) is 10.4 Å². The second kappa shape index (κ2) is 6.35. The lowest BCUT2D eigenvalue weighted by Crippen LogP contribution is -2.38. The van der Waals surface area contributed by atoms with Gasteiger partial charge in [0, 0.05) is 13.1 Å². The van der Waals surface area contributed by atoms with E-state index in [0.29, 0.717) is 0 Å². The Morgan fingerprint density at radius 2 is 1.62 bits per heavy atom. The summed E-state index contributed by atoms with van der Waals surface area (Å²) in [7, 11) is 0. The van der Waals surface area contributed by atoms with Crippen LogP contribution in [0, 0.1) is 0 Å². The molecule has 0 rings (SSSR count). The van der Waals surface area contributed by atoms with Crippen LogP contribution in [0.4, 0.5) is 0 Å². The maximum atomic E-state index is 10.2. The van der Waals surface area contributed by atoms with Gasteiger partial charge in [-0.2, -0.15) is 0 Å². The molecule has 0 amide bonds. The summed E-state index contributed by atoms with van der Waals surface area (Å²) in [5.74, 6) is -2.20. The van der Waals surface area contributed by atoms with Crippen molar-refractivity contribution < 1.29 is 25.0 Å². The Morgan fingerprint density at radius 1 is 1.15 bits per heavy atom. The summed E-state index contributed by atoms with van der Waals surface area (Å²) in [6.07, 6.45) is 0. The lowest BCUT2D eigenvalue weighted by Gasteiger charge is -2.16. The van der Waals surface area contributed by atoms with Crippen molar-refractivity contribution in [3.05, 3.63) is 0 Å². The third kappa shape index (κ3) is 7.19. The van der Waals surface area contributed by atoms with Crippen molar-refractivity contribution in [2.75, 3.05) is 26.2 Å². The molecule has 76 valence electrons. The highest BCUT2D eigenvalue weighted by Gasteiger charge is 2.12. The molecule has 0 radical (unpaired) electrons. The average Bonchev–Trinajstić information content (AvgIpc) is 1.98. The second-order valence-electron chi connectivity index (χ2n) is 2.41. The number of rotatable bonds is 7. The van der Waals surface area contributed by atoms with Gasteiger partial charge in [0.05, 0.1) is 13.1 Å². The number of nitrogens with one attached hydrogen (secondary N) is 1. The zero-order chi connectivity index (χ0) is 10.3. The molecule has 13 heavy (non-hydrogen) atoms. The Labute approximate surface area is 74.5 Å². The molecule has 4 N–H and O–H groups in total. The molecule has 0 saturated heterocycles. The third-order valence-corrected chi connectivity index (χ3v) is 1.26. The molecular weight excluding hydrogens is 180 g/mol. The topological polar surface area (TPSA) is 110 Å². The van der Waals surface area contributed by atoms with Crippen molar-refractivity contribution in [3.8, 4) is 0 Å². The van der Waals surface area contributed by atoms with Gasteiger partial charge in [0.25, 0.3) is 0 Å². The highest BCUT2D eigenvalue weighted by atomic mass is 16.5. The minimum atomic E-state index is -1.10. The Kier molecular flexibility index (Phi) is 5.77. The van der Waals surface area contributed by atoms with E-state index in [-0.39, 0.29) is 26.2 Å². The predicted molar refractivity (Wildman–Crippen MR) is 41.5 cm³/mol. The number of hydrogen-bond donors (Lipinski definition) is 4. The maximum absolute atomic E-state index is 10.2. The van der Waals surface area contributed by atoms with Crippen LogP contribution in [0.3, 0.4) is 0 Å². The van der Waals surface area contributed by atoms with Gasteiger partial charge >= 0.3 is 11.9 Å². The van der Waals surface area contributed by atoms with Crippen molar-refractivity contribution >= 4 is 11.9 Å². The zero-order valence-electron chi connectivity index (χ0n) is 6.93. The van der Waals surface area contributed by atoms with Crippen molar-refractivity contribution in [2.45, 2.75) is 0 Å². The van der Waals surface area contributed by atoms with E-state index >= 15 is 0 Å². The van der Waals surface area contributed by atoms with Crippen LogP contribution in [0.15, 0.2) is 0 Å². The summed E-state index contributed by atoms with van der Waals surface area (Å²) in [6, 6.07) is 0. The van der Waals surface area contributed by atoms with Gasteiger partial charge < -0.3 is 15.4 Å². The maximum Gasteiger partial charge on any atom is 0.317 e. The first kappa shape index (κ1) is 11.8. The number of carbonyl (C=O) groups is 2. The fourth-order valence-electron chi connectivity index (χ4n) is 0.805. The van der Waals surface area contributed by atoms with Gasteiger partial charge in [0.1, 0.15) is 0 Å². The molecule has 0 aromatic heterocycles. The monoisotopic (exact) mass is 192 g/mol. The summed E-state index contributed by atoms with van der Waals surface area (Å²) in [4.78, 5) is 21.7. The summed E-state index contributed by atoms with van der Waals surface area (Å²) in [5, 5.41) is 25.0. The fourth-order valence-corrected chi connectivity index (χ4v) is 0.805. The van der Waals surface area contributed by atoms with Gasteiger partial charge in [-0.1, -0.05) is 0 Å². The Balaban J connectivity index is 3.87. The van der Waals surface area contributed by atoms with E-state index in [2.05, 4.69) is 0 Å². The van der Waals surface area contributed by atoms with E-state index in [9.17, 15) is 9.59 Å². The van der Waals surface area contributed by atoms with E-state index < -0.39 is 11.9 Å². The number of hydrogen-bond acceptors (Lipinski definition) is 5. The van der Waals surface area contributed by atoms with Crippen LogP contribution in [-0.4, -0.2) is 58.4 Å². The first-order valence-corrected chi connectivity index (χ1v) is 3.59. The van der Waals surface area contributed by atoms with Crippen molar-refractivity contribution in [1.29, 1.82) is 0 Å². The minimum Gasteiger partial charge on any atom is -0.480 e. The Morgan fingerprint density at radius 3 is 1.92 bits per heavy atom. The number of aliphatic carboxylic acids is 2. The number of nitrogens with zero attached hydrogens (tertiary/aromatic N) is 1. The van der Waals surface area contributed by atoms with Crippen LogP contribution in [0.1, 0.15) is 0 Å². The summed E-state index contributed by atoms with van der Waals surface area (Å²) >= 11 is 0. The smallest absolute Gasteiger partial charge is 0.317 e. The van der Waals surface area contributed by atoms with Gasteiger partial charge in [-0.05, 0) is 0 Å². The molecule has 0 fully saturated rings. The normalized spacial score (nSPS) is 10.3. The predicted octanol–water partition coefficient (Wildman–Crippen LogP) is -1.56. The van der Waals surface area contributed by atoms with Gasteiger partial charge in [-0.15, -0.1) is 0 Å². The SMILES string of the molecule is O=C(O)CN(CCNO)CC(=O)O. The lowest BCUT2D eigenvalue weighted by atomic mass is 10.4. The molecule has 0 aromatic carbocycles. The van der Waals surface area contributed by atoms with Gasteiger partial charge in [-0.25, -0.2) is 5.48 Å². The molecule has 0 aliphatic heterocycles. The highest BCUT2D eigenvalue weighted by Crippen LogP contribution is 1.86. The Hall–Kier alpha value is -1.18. The largest absolute Gasteiger partial charge is 0.480 e. The number of carboxylic acids is 2. The molecule has 0 bridgehead atoms. The molecule has 0 atom stereocenters. The molecule has 0 spiro atoms. The summed E-state index contributed by atoms with van der Waals surface area (Å²) in [6.45, 7) is -0.419. The van der Waals surface area contributed by atoms with Crippen LogP contribution in [-0.2, 0) is 9.59 Å². The zero-order valence-corrected chi connectivity index (χ0v) is 6.93. The standard InChI is InChI=1S/C6H12N2O5/c9-5(10)3-8(2-1-7-13)4-6(11)12/h7,13H,1-4H2,(H,9,10)(H,11,12). The van der Waals surface area contributed by atoms with Crippen LogP contribution >= 0.6 is 0 Å². The fraction of sp³-hybridized carbons (Fsp3) is 0.667. The van der Waals surface area contributed by atoms with Crippen LogP contribution in [0.2, 0.25) is 0 Å². The molecule has 7 heteroatoms. The first-order valence-electron chi connectivity index (χ1n) is 3.59. The molecule has 0 aromatic rings. The van der Waals surface area contributed by atoms with Crippen molar-refractivity contribution in [3.63, 3.8) is 0 Å².